The Morgan fingerprint density at radius 3 is 1.84 bits per heavy atom. The van der Waals surface area contributed by atoms with E-state index in [9.17, 15) is 5.11 Å². The van der Waals surface area contributed by atoms with Crippen LogP contribution in [0, 0.1) is 0 Å². The number of aliphatic hydroxyl groups excluding tert-OH is 2. The lowest BCUT2D eigenvalue weighted by Gasteiger charge is -2.43. The maximum absolute atomic E-state index is 10.2. The Morgan fingerprint density at radius 1 is 0.960 bits per heavy atom. The molecular weight excluding hydrogens is 328 g/mol. The molecule has 4 heteroatoms. The molecule has 0 spiro atoms. The van der Waals surface area contributed by atoms with Crippen LogP contribution in [0.2, 0.25) is 5.04 Å². The smallest absolute Gasteiger partial charge is 0.261 e. The van der Waals surface area contributed by atoms with Crippen LogP contribution in [0.25, 0.3) is 0 Å². The summed E-state index contributed by atoms with van der Waals surface area (Å²) in [4.78, 5) is 0. The minimum Gasteiger partial charge on any atom is -0.404 e. The first-order valence-electron chi connectivity index (χ1n) is 8.62. The fourth-order valence-corrected chi connectivity index (χ4v) is 7.82. The van der Waals surface area contributed by atoms with Gasteiger partial charge in [0, 0.05) is 0 Å². The average molecular weight is 357 g/mol. The normalized spacial score (nSPS) is 14.0. The Balaban J connectivity index is 2.51. The van der Waals surface area contributed by atoms with Gasteiger partial charge in [0.1, 0.15) is 0 Å². The molecule has 0 amide bonds. The Labute approximate surface area is 151 Å². The van der Waals surface area contributed by atoms with Gasteiger partial charge in [-0.15, -0.1) is 0 Å². The number of aliphatic hydroxyl groups is 2. The van der Waals surface area contributed by atoms with E-state index in [0.29, 0.717) is 0 Å². The lowest BCUT2D eigenvalue weighted by atomic mass is 10.2. The Kier molecular flexibility index (Phi) is 6.73. The lowest BCUT2D eigenvalue weighted by molar-refractivity contribution is 0.137. The van der Waals surface area contributed by atoms with Gasteiger partial charge in [0.2, 0.25) is 0 Å². The van der Waals surface area contributed by atoms with Crippen LogP contribution in [0.5, 0.6) is 0 Å². The van der Waals surface area contributed by atoms with E-state index in [0.717, 1.165) is 0 Å². The predicted octanol–water partition coefficient (Wildman–Crippen LogP) is 2.47. The highest BCUT2D eigenvalue weighted by atomic mass is 28.4. The Morgan fingerprint density at radius 2 is 1.44 bits per heavy atom. The first-order valence-corrected chi connectivity index (χ1v) is 10.5. The standard InChI is InChI=1S/C21H28O3Si/c1-21(2,3)25(19-12-6-4-7-13-19,20-14-8-5-9-15-20)24-17-18(23)11-10-16-22/h4-15,18,22-23H,16-17H2,1-3H3/b11-10-/t18-/m0/s1. The first kappa shape index (κ1) is 19.6. The SMILES string of the molecule is CC(C)(C)[Si](OC[C@@H](O)/C=C\CO)(c1ccccc1)c1ccccc1. The molecule has 25 heavy (non-hydrogen) atoms. The molecule has 0 unspecified atom stereocenters. The van der Waals surface area contributed by atoms with Crippen molar-refractivity contribution in [1.29, 1.82) is 0 Å². The van der Waals surface area contributed by atoms with E-state index in [4.69, 9.17) is 9.53 Å². The summed E-state index contributed by atoms with van der Waals surface area (Å²) in [6.07, 6.45) is 2.38. The molecule has 2 rings (SSSR count). The van der Waals surface area contributed by atoms with E-state index in [1.165, 1.54) is 10.4 Å². The third-order valence-corrected chi connectivity index (χ3v) is 9.36. The van der Waals surface area contributed by atoms with Gasteiger partial charge in [0.05, 0.1) is 19.3 Å². The van der Waals surface area contributed by atoms with E-state index < -0.39 is 14.4 Å². The molecule has 2 N–H and O–H groups in total. The second-order valence-electron chi connectivity index (χ2n) is 7.15. The number of hydrogen-bond donors (Lipinski definition) is 2. The molecule has 2 aromatic carbocycles. The van der Waals surface area contributed by atoms with Crippen LogP contribution in [0.15, 0.2) is 72.8 Å². The van der Waals surface area contributed by atoms with Crippen LogP contribution in [-0.2, 0) is 4.43 Å². The van der Waals surface area contributed by atoms with E-state index in [2.05, 4.69) is 45.0 Å². The summed E-state index contributed by atoms with van der Waals surface area (Å²) in [6, 6.07) is 20.7. The fourth-order valence-electron chi connectivity index (χ4n) is 3.25. The molecule has 0 bridgehead atoms. The van der Waals surface area contributed by atoms with E-state index in [-0.39, 0.29) is 18.3 Å². The molecule has 0 saturated carbocycles. The molecular formula is C21H28O3Si. The summed E-state index contributed by atoms with van der Waals surface area (Å²) in [5, 5.41) is 21.4. The zero-order valence-electron chi connectivity index (χ0n) is 15.2. The van der Waals surface area contributed by atoms with Crippen LogP contribution in [0.4, 0.5) is 0 Å². The zero-order valence-corrected chi connectivity index (χ0v) is 16.2. The Hall–Kier alpha value is -1.72. The van der Waals surface area contributed by atoms with Crippen molar-refractivity contribution in [3.8, 4) is 0 Å². The monoisotopic (exact) mass is 356 g/mol. The highest BCUT2D eigenvalue weighted by Gasteiger charge is 2.50. The van der Waals surface area contributed by atoms with Gasteiger partial charge in [-0.2, -0.15) is 0 Å². The predicted molar refractivity (Wildman–Crippen MR) is 106 cm³/mol. The van der Waals surface area contributed by atoms with Crippen LogP contribution < -0.4 is 10.4 Å². The van der Waals surface area contributed by atoms with Crippen LogP contribution in [0.1, 0.15) is 20.8 Å². The number of rotatable bonds is 7. The van der Waals surface area contributed by atoms with Crippen molar-refractivity contribution in [2.24, 2.45) is 0 Å². The molecule has 1 atom stereocenters. The number of benzene rings is 2. The van der Waals surface area contributed by atoms with E-state index in [1.807, 2.05) is 36.4 Å². The van der Waals surface area contributed by atoms with Crippen molar-refractivity contribution in [3.05, 3.63) is 72.8 Å². The average Bonchev–Trinajstić information content (AvgIpc) is 2.61. The molecule has 134 valence electrons. The van der Waals surface area contributed by atoms with Gasteiger partial charge in [0.25, 0.3) is 8.32 Å². The van der Waals surface area contributed by atoms with Gasteiger partial charge in [-0.1, -0.05) is 93.6 Å². The molecule has 0 aliphatic carbocycles. The van der Waals surface area contributed by atoms with Crippen LogP contribution in [0.3, 0.4) is 0 Å². The second kappa shape index (κ2) is 8.58. The van der Waals surface area contributed by atoms with Gasteiger partial charge in [-0.25, -0.2) is 0 Å². The minimum absolute atomic E-state index is 0.0870. The molecule has 0 aliphatic rings. The van der Waals surface area contributed by atoms with Gasteiger partial charge in [0.15, 0.2) is 0 Å². The van der Waals surface area contributed by atoms with Crippen molar-refractivity contribution in [1.82, 2.24) is 0 Å². The van der Waals surface area contributed by atoms with Crippen molar-refractivity contribution in [3.63, 3.8) is 0 Å². The summed E-state index contributed by atoms with van der Waals surface area (Å²) in [5.41, 5.74) is 0. The summed E-state index contributed by atoms with van der Waals surface area (Å²) >= 11 is 0. The topological polar surface area (TPSA) is 49.7 Å². The van der Waals surface area contributed by atoms with E-state index in [1.54, 1.807) is 12.2 Å². The molecule has 0 radical (unpaired) electrons. The molecule has 0 saturated heterocycles. The van der Waals surface area contributed by atoms with Crippen molar-refractivity contribution < 1.29 is 14.6 Å². The maximum Gasteiger partial charge on any atom is 0.261 e. The summed E-state index contributed by atoms with van der Waals surface area (Å²) in [6.45, 7) is 6.72. The summed E-state index contributed by atoms with van der Waals surface area (Å²) in [7, 11) is -2.61. The molecule has 0 fully saturated rings. The summed E-state index contributed by atoms with van der Waals surface area (Å²) < 4.78 is 6.58. The minimum atomic E-state index is -2.61. The molecule has 0 aromatic heterocycles. The highest BCUT2D eigenvalue weighted by Crippen LogP contribution is 2.36. The van der Waals surface area contributed by atoms with Gasteiger partial charge in [-0.3, -0.25) is 0 Å². The quantitative estimate of drug-likeness (QED) is 0.592. The van der Waals surface area contributed by atoms with Crippen LogP contribution in [-0.4, -0.2) is 37.8 Å². The highest BCUT2D eigenvalue weighted by molar-refractivity contribution is 6.99. The zero-order chi connectivity index (χ0) is 18.3. The Bertz CT molecular complexity index is 623. The van der Waals surface area contributed by atoms with Gasteiger partial charge in [-0.05, 0) is 15.4 Å². The first-order chi connectivity index (χ1) is 11.9. The number of hydrogen-bond acceptors (Lipinski definition) is 3. The molecule has 3 nitrogen and oxygen atoms in total. The van der Waals surface area contributed by atoms with Gasteiger partial charge < -0.3 is 14.6 Å². The van der Waals surface area contributed by atoms with Crippen molar-refractivity contribution in [2.45, 2.75) is 31.9 Å². The lowest BCUT2D eigenvalue weighted by Crippen LogP contribution is -2.67. The summed E-state index contributed by atoms with van der Waals surface area (Å²) in [5.74, 6) is 0. The van der Waals surface area contributed by atoms with Crippen LogP contribution >= 0.6 is 0 Å². The van der Waals surface area contributed by atoms with E-state index >= 15 is 0 Å². The van der Waals surface area contributed by atoms with Crippen molar-refractivity contribution >= 4 is 18.7 Å². The van der Waals surface area contributed by atoms with Crippen molar-refractivity contribution in [2.75, 3.05) is 13.2 Å². The maximum atomic E-state index is 10.2. The molecule has 0 aliphatic heterocycles. The molecule has 2 aromatic rings. The largest absolute Gasteiger partial charge is 0.404 e. The fraction of sp³-hybridized carbons (Fsp3) is 0.333. The molecule has 0 heterocycles. The second-order valence-corrected chi connectivity index (χ2v) is 11.5. The third kappa shape index (κ3) is 4.47. The van der Waals surface area contributed by atoms with Gasteiger partial charge >= 0.3 is 0 Å². The third-order valence-electron chi connectivity index (χ3n) is 4.35.